The Bertz CT molecular complexity index is 1670. The van der Waals surface area contributed by atoms with Crippen LogP contribution in [-0.2, 0) is 75.0 Å². The van der Waals surface area contributed by atoms with Gasteiger partial charge < -0.3 is 28.3 Å². The summed E-state index contributed by atoms with van der Waals surface area (Å²) < 4.78 is 10.2. The molecule has 89 heavy (non-hydrogen) atoms. The van der Waals surface area contributed by atoms with Gasteiger partial charge in [-0.1, -0.05) is 122 Å². The van der Waals surface area contributed by atoms with Gasteiger partial charge in [0.2, 0.25) is 7.05 Å². The summed E-state index contributed by atoms with van der Waals surface area (Å²) in [6.07, 6.45) is 14.2. The molecule has 0 atom stereocenters. The molecule has 1 heterocycles. The molecule has 0 amide bonds. The van der Waals surface area contributed by atoms with Crippen LogP contribution in [0, 0.1) is 127 Å². The monoisotopic (exact) mass is 1740 g/mol. The van der Waals surface area contributed by atoms with Crippen LogP contribution in [-0.4, -0.2) is 109 Å². The second-order valence-corrected chi connectivity index (χ2v) is 16.2. The summed E-state index contributed by atoms with van der Waals surface area (Å²) in [5.74, 6) is 6.34. The second kappa shape index (κ2) is 213. The summed E-state index contributed by atoms with van der Waals surface area (Å²) in [7, 11) is 7.40. The number of rotatable bonds is 0. The summed E-state index contributed by atoms with van der Waals surface area (Å²) in [6, 6.07) is 1.75. The molecule has 0 spiro atoms. The maximum Gasteiger partial charge on any atom is 0.300 e. The normalized spacial score (nSPS) is 5.88. The number of aliphatic carboxylic acids is 1. The molecule has 0 aliphatic rings. The quantitative estimate of drug-likeness (QED) is 0.0142. The number of thiocarbonyl (C=S) groups is 2. The van der Waals surface area contributed by atoms with Crippen LogP contribution in [0.5, 0.6) is 0 Å². The van der Waals surface area contributed by atoms with Gasteiger partial charge in [-0.3, -0.25) is 24.1 Å². The van der Waals surface area contributed by atoms with E-state index in [2.05, 4.69) is 227 Å². The number of carbonyl (C=O) groups excluding carboxylic acids is 1. The number of benzene rings is 1. The van der Waals surface area contributed by atoms with Crippen molar-refractivity contribution in [2.45, 2.75) is 181 Å². The average Bonchev–Trinajstić information content (AvgIpc) is 3.75. The first-order valence-electron chi connectivity index (χ1n) is 25.3. The number of allylic oxidation sites excluding steroid dienone is 4. The van der Waals surface area contributed by atoms with E-state index in [-0.39, 0.29) is 78.0 Å². The van der Waals surface area contributed by atoms with Gasteiger partial charge in [0, 0.05) is 118 Å². The van der Waals surface area contributed by atoms with Crippen molar-refractivity contribution in [2.75, 3.05) is 78.3 Å². The molecule has 2 radical (unpaired) electrons. The van der Waals surface area contributed by atoms with Crippen molar-refractivity contribution in [3.05, 3.63) is 120 Å². The number of thiocyanates is 1. The fourth-order valence-electron chi connectivity index (χ4n) is 2.60. The van der Waals surface area contributed by atoms with Crippen LogP contribution in [0.3, 0.4) is 0 Å². The standard InChI is InChI=1S/C12H18.C8H12S.C4H8.C4H6.C3H6OS.2C3H6.2C2H3NS.2C2H3N.C2H4O2.C2H4S2.2C2H6.C2H5.CH3Br.CH3Cl.CH3F.CH3I.CH3NO2.2CH5N.CH4S.CH4.2Y/c1-7-8(2)10(4)12(6)11(5)9(7)3;1-5-6(2)8(4)9-7(5)3;2*1-3-4-2;1-3(4)5-2;2*1-3-2;1-4-2-3;1-3-2-4;1-3-2;1-2-3;2*1-2(3)4;7*1-2;1-2(3)4;3*1-2;;;/h1-6H3;1-4H3;3-4H,1-2H3;1-2H3;1-2H3;2*3H,1H2,2H3;2*1H3;2*1H3;2*1H3,(H,3,4);2*1-2H3;1H2,2H3;4*1H3;1H3;2*2H2,1H3;2H,1H3;1H4;;/q;;;;;;;;;;;;;;;-1;;;;;;;;;;;. The number of nitriles is 2. The van der Waals surface area contributed by atoms with E-state index in [1.165, 1.54) is 100 Å². The van der Waals surface area contributed by atoms with Crippen LogP contribution in [0.1, 0.15) is 166 Å². The molecule has 530 valence electrons. The van der Waals surface area contributed by atoms with Gasteiger partial charge in [-0.25, -0.2) is 11.6 Å². The average molecular weight is 1740 g/mol. The Kier molecular flexibility index (Phi) is 401. The fourth-order valence-corrected chi connectivity index (χ4v) is 3.67. The van der Waals surface area contributed by atoms with Gasteiger partial charge in [-0.2, -0.15) is 30.1 Å². The molecule has 5 N–H and O–H groups in total. The van der Waals surface area contributed by atoms with E-state index in [4.69, 9.17) is 37.1 Å². The minimum atomic E-state index is -0.833. The zero-order chi connectivity index (χ0) is 76.0. The molecule has 0 aliphatic heterocycles. The molecule has 25 heteroatoms. The predicted octanol–water partition coefficient (Wildman–Crippen LogP) is 23.0. The maximum atomic E-state index is 9.78. The predicted molar refractivity (Wildman–Crippen MR) is 440 cm³/mol. The van der Waals surface area contributed by atoms with Crippen molar-refractivity contribution in [2.24, 2.45) is 16.5 Å². The molecule has 0 saturated heterocycles. The molecule has 0 bridgehead atoms. The number of nitro groups is 1. The topological polar surface area (TPSA) is 214 Å². The van der Waals surface area contributed by atoms with Crippen molar-refractivity contribution in [3.8, 4) is 23.3 Å². The number of hydrogen-bond acceptors (Lipinski definition) is 15. The third-order valence-corrected chi connectivity index (χ3v) is 8.52. The Morgan fingerprint density at radius 3 is 0.899 bits per heavy atom. The van der Waals surface area contributed by atoms with Crippen molar-refractivity contribution in [1.29, 1.82) is 10.5 Å². The summed E-state index contributed by atoms with van der Waals surface area (Å²) in [5.41, 5.74) is 20.7. The number of alkyl halides is 4. The number of isothiocyanates is 1. The van der Waals surface area contributed by atoms with Gasteiger partial charge >= 0.3 is 0 Å². The number of halogens is 4. The third kappa shape index (κ3) is 309. The van der Waals surface area contributed by atoms with Gasteiger partial charge in [-0.15, -0.1) is 60.6 Å². The van der Waals surface area contributed by atoms with Crippen LogP contribution < -0.4 is 11.5 Å². The van der Waals surface area contributed by atoms with Gasteiger partial charge in [0.1, 0.15) is 5.40 Å². The Balaban J connectivity index is -0.0000000215. The number of nitrogens with two attached hydrogens (primary N) is 2. The van der Waals surface area contributed by atoms with Crippen molar-refractivity contribution >= 4 is 155 Å². The molecule has 0 unspecified atom stereocenters. The number of carbonyl (C=O) groups is 2. The Morgan fingerprint density at radius 1 is 0.775 bits per heavy atom. The van der Waals surface area contributed by atoms with Crippen LogP contribution in [0.25, 0.3) is 4.85 Å². The first-order valence-corrected chi connectivity index (χ1v) is 35.2. The first-order chi connectivity index (χ1) is 40.4. The Hall–Kier alpha value is -0.442. The van der Waals surface area contributed by atoms with Crippen molar-refractivity contribution in [3.63, 3.8) is 0 Å². The number of carboxylic acids is 1. The van der Waals surface area contributed by atoms with Gasteiger partial charge in [-0.05, 0) is 230 Å². The molecule has 1 aromatic heterocycles. The molecule has 12 nitrogen and oxygen atoms in total. The number of thiol groups is 2. The molecule has 0 aliphatic carbocycles. The molecular formula is C64H132BrClFIN7O5S7Y2-. The van der Waals surface area contributed by atoms with E-state index >= 15 is 0 Å². The van der Waals surface area contributed by atoms with E-state index in [1.54, 1.807) is 64.8 Å². The molecule has 0 fully saturated rings. The minimum Gasteiger partial charge on any atom is -0.481 e. The molecular weight excluding hydrogens is 1610 g/mol. The third-order valence-electron chi connectivity index (χ3n) is 6.35. The van der Waals surface area contributed by atoms with E-state index in [9.17, 15) is 9.18 Å². The van der Waals surface area contributed by atoms with Crippen molar-refractivity contribution < 1.29 is 89.4 Å². The Labute approximate surface area is 665 Å². The maximum absolute atomic E-state index is 9.78. The largest absolute Gasteiger partial charge is 0.481 e. The first kappa shape index (κ1) is 168. The zero-order valence-electron chi connectivity index (χ0n) is 62.0. The number of nitrogens with zero attached hydrogens (tertiary/aromatic N) is 5. The van der Waals surface area contributed by atoms with Gasteiger partial charge in [0.15, 0.2) is 12.2 Å². The Morgan fingerprint density at radius 2 is 0.876 bits per heavy atom. The van der Waals surface area contributed by atoms with Crippen LogP contribution >= 0.6 is 135 Å². The number of thiophene rings is 1. The summed E-state index contributed by atoms with van der Waals surface area (Å²) in [4.78, 5) is 38.0. The van der Waals surface area contributed by atoms with E-state index in [0.717, 1.165) is 25.7 Å². The smallest absolute Gasteiger partial charge is 0.300 e. The van der Waals surface area contributed by atoms with E-state index in [0.29, 0.717) is 11.4 Å². The summed E-state index contributed by atoms with van der Waals surface area (Å²) in [5, 5.41) is 35.3. The van der Waals surface area contributed by atoms with Crippen LogP contribution in [0.4, 0.5) is 4.39 Å². The second-order valence-electron chi connectivity index (χ2n) is 11.4. The van der Waals surface area contributed by atoms with Gasteiger partial charge in [0.05, 0.1) is 18.4 Å². The SMILES string of the molecule is C.C=CC.C=CC.CBr.CC.CC.CC#CC.CC#N.CC(=O)O.CC(=S)S.CC=CC.CCl.CF.CI.CN.CN.CN=C=S.CS.CSC#N.CSC(C)=O.C[N+](=O)[O-].Cc1c(C)c(C)c(C)c(C)c1C.Cc1sc(C)c(C)c1C.[C-]#[N+]C.[CH2-]C.[Y].[Y]. The van der Waals surface area contributed by atoms with Crippen LogP contribution in [0.15, 0.2) is 42.5 Å². The number of aryl methyl sites for hydroxylation is 2. The van der Waals surface area contributed by atoms with Gasteiger partial charge in [0.25, 0.3) is 5.97 Å². The van der Waals surface area contributed by atoms with Crippen molar-refractivity contribution in [1.82, 2.24) is 0 Å². The van der Waals surface area contributed by atoms with Crippen LogP contribution in [0.2, 0.25) is 0 Å². The van der Waals surface area contributed by atoms with E-state index in [1.807, 2.05) is 109 Å². The molecule has 0 saturated carbocycles. The zero-order valence-corrected chi connectivity index (χ0v) is 78.1. The fraction of sp³-hybridized carbons (Fsp3) is 0.594. The molecule has 2 aromatic rings. The minimum absolute atomic E-state index is 0. The molecule has 1 aromatic carbocycles. The molecule has 2 rings (SSSR count). The number of thioether (sulfide) groups is 2. The van der Waals surface area contributed by atoms with E-state index < -0.39 is 10.9 Å². The summed E-state index contributed by atoms with van der Waals surface area (Å²) in [6.45, 7) is 64.8. The summed E-state index contributed by atoms with van der Waals surface area (Å²) >= 11 is 29.8. The number of hydrogen-bond donors (Lipinski definition) is 5. The number of carboxylic acid groups (broad SMARTS) is 1. The number of aliphatic imine (C=N–C) groups is 1.